The highest BCUT2D eigenvalue weighted by Gasteiger charge is 2.24. The topological polar surface area (TPSA) is 54.5 Å². The Bertz CT molecular complexity index is 709. The van der Waals surface area contributed by atoms with E-state index in [4.69, 9.17) is 16.3 Å². The Balaban J connectivity index is 1.84. The lowest BCUT2D eigenvalue weighted by molar-refractivity contribution is 0.0600. The highest BCUT2D eigenvalue weighted by molar-refractivity contribution is 6.31. The number of carbonyl (C=O) groups excluding carboxylic acids is 1. The van der Waals surface area contributed by atoms with E-state index in [-0.39, 0.29) is 12.0 Å². The molecule has 1 aromatic carbocycles. The number of esters is 1. The van der Waals surface area contributed by atoms with Crippen molar-refractivity contribution in [1.29, 1.82) is 0 Å². The summed E-state index contributed by atoms with van der Waals surface area (Å²) < 4.78 is 4.80. The van der Waals surface area contributed by atoms with Crippen LogP contribution in [-0.2, 0) is 11.3 Å². The van der Waals surface area contributed by atoms with Crippen LogP contribution in [0.4, 0.5) is 0 Å². The highest BCUT2D eigenvalue weighted by atomic mass is 35.5. The van der Waals surface area contributed by atoms with E-state index in [1.807, 2.05) is 18.3 Å². The molecule has 126 valence electrons. The summed E-state index contributed by atoms with van der Waals surface area (Å²) in [5.41, 5.74) is 2.62. The number of carbonyl (C=O) groups is 1. The summed E-state index contributed by atoms with van der Waals surface area (Å²) >= 11 is 6.35. The predicted octanol–water partition coefficient (Wildman–Crippen LogP) is 2.67. The Morgan fingerprint density at radius 3 is 3.08 bits per heavy atom. The van der Waals surface area contributed by atoms with Gasteiger partial charge in [0.1, 0.15) is 0 Å². The lowest BCUT2D eigenvalue weighted by Gasteiger charge is -2.36. The van der Waals surface area contributed by atoms with Gasteiger partial charge in [0.15, 0.2) is 0 Å². The van der Waals surface area contributed by atoms with E-state index in [1.54, 1.807) is 18.3 Å². The lowest BCUT2D eigenvalue weighted by Crippen LogP contribution is -2.45. The molecule has 0 amide bonds. The van der Waals surface area contributed by atoms with Gasteiger partial charge in [-0.05, 0) is 35.4 Å². The third-order valence-electron chi connectivity index (χ3n) is 4.26. The molecule has 24 heavy (non-hydrogen) atoms. The smallest absolute Gasteiger partial charge is 0.337 e. The van der Waals surface area contributed by atoms with Crippen molar-refractivity contribution in [3.8, 4) is 0 Å². The van der Waals surface area contributed by atoms with Gasteiger partial charge >= 0.3 is 5.97 Å². The fourth-order valence-corrected chi connectivity index (χ4v) is 3.17. The maximum absolute atomic E-state index is 11.8. The molecule has 6 heteroatoms. The third-order valence-corrected chi connectivity index (χ3v) is 4.63. The number of benzene rings is 1. The van der Waals surface area contributed by atoms with Crippen molar-refractivity contribution in [2.45, 2.75) is 12.6 Å². The van der Waals surface area contributed by atoms with Crippen molar-refractivity contribution >= 4 is 17.6 Å². The molecule has 0 radical (unpaired) electrons. The molecule has 1 fully saturated rings. The zero-order valence-electron chi connectivity index (χ0n) is 13.5. The van der Waals surface area contributed by atoms with E-state index < -0.39 is 0 Å². The van der Waals surface area contributed by atoms with Gasteiger partial charge in [-0.3, -0.25) is 9.88 Å². The summed E-state index contributed by atoms with van der Waals surface area (Å²) in [5.74, 6) is -0.350. The molecule has 2 heterocycles. The average Bonchev–Trinajstić information content (AvgIpc) is 2.64. The van der Waals surface area contributed by atoms with Gasteiger partial charge in [-0.1, -0.05) is 17.7 Å². The Hall–Kier alpha value is -1.95. The quantitative estimate of drug-likeness (QED) is 0.863. The molecular formula is C18H20ClN3O2. The number of piperazine rings is 1. The maximum atomic E-state index is 11.8. The minimum absolute atomic E-state index is 0.227. The van der Waals surface area contributed by atoms with Crippen molar-refractivity contribution in [2.24, 2.45) is 0 Å². The van der Waals surface area contributed by atoms with Gasteiger partial charge in [0, 0.05) is 49.6 Å². The molecule has 1 aromatic heterocycles. The second-order valence-corrected chi connectivity index (χ2v) is 6.18. The molecule has 5 nitrogen and oxygen atoms in total. The molecule has 0 aliphatic carbocycles. The SMILES string of the molecule is COC(=O)c1ccc(Cl)c(CN2CCNCC2c2cccnc2)c1. The van der Waals surface area contributed by atoms with Gasteiger partial charge in [0.05, 0.1) is 12.7 Å². The molecule has 1 saturated heterocycles. The number of hydrogen-bond donors (Lipinski definition) is 1. The lowest BCUT2D eigenvalue weighted by atomic mass is 10.0. The molecule has 1 aliphatic rings. The van der Waals surface area contributed by atoms with E-state index in [1.165, 1.54) is 12.7 Å². The van der Waals surface area contributed by atoms with Crippen molar-refractivity contribution in [2.75, 3.05) is 26.7 Å². The van der Waals surface area contributed by atoms with Crippen LogP contribution >= 0.6 is 11.6 Å². The summed E-state index contributed by atoms with van der Waals surface area (Å²) in [6.07, 6.45) is 3.68. The van der Waals surface area contributed by atoms with Crippen LogP contribution in [0.25, 0.3) is 0 Å². The number of nitrogens with one attached hydrogen (secondary N) is 1. The zero-order chi connectivity index (χ0) is 16.9. The molecule has 0 saturated carbocycles. The average molecular weight is 346 g/mol. The van der Waals surface area contributed by atoms with Gasteiger partial charge in [-0.15, -0.1) is 0 Å². The number of pyridine rings is 1. The normalized spacial score (nSPS) is 18.3. The first-order valence-electron chi connectivity index (χ1n) is 7.90. The van der Waals surface area contributed by atoms with Gasteiger partial charge in [0.25, 0.3) is 0 Å². The second kappa shape index (κ2) is 7.75. The van der Waals surface area contributed by atoms with Gasteiger partial charge in [-0.2, -0.15) is 0 Å². The van der Waals surface area contributed by atoms with Crippen molar-refractivity contribution in [3.63, 3.8) is 0 Å². The molecule has 1 atom stereocenters. The minimum Gasteiger partial charge on any atom is -0.465 e. The van der Waals surface area contributed by atoms with Crippen LogP contribution in [0.2, 0.25) is 5.02 Å². The van der Waals surface area contributed by atoms with Gasteiger partial charge in [-0.25, -0.2) is 4.79 Å². The fraction of sp³-hybridized carbons (Fsp3) is 0.333. The van der Waals surface area contributed by atoms with Crippen LogP contribution < -0.4 is 5.32 Å². The summed E-state index contributed by atoms with van der Waals surface area (Å²) in [7, 11) is 1.38. The van der Waals surface area contributed by atoms with E-state index in [9.17, 15) is 4.79 Å². The summed E-state index contributed by atoms with van der Waals surface area (Å²) in [5, 5.41) is 4.08. The van der Waals surface area contributed by atoms with E-state index >= 15 is 0 Å². The van der Waals surface area contributed by atoms with E-state index in [0.717, 1.165) is 25.2 Å². The zero-order valence-corrected chi connectivity index (χ0v) is 14.3. The Morgan fingerprint density at radius 2 is 2.33 bits per heavy atom. The molecule has 1 unspecified atom stereocenters. The van der Waals surface area contributed by atoms with E-state index in [2.05, 4.69) is 21.3 Å². The monoisotopic (exact) mass is 345 g/mol. The first-order chi connectivity index (χ1) is 11.7. The molecule has 0 bridgehead atoms. The predicted molar refractivity (Wildman–Crippen MR) is 93.0 cm³/mol. The summed E-state index contributed by atoms with van der Waals surface area (Å²) in [6, 6.07) is 9.52. The third kappa shape index (κ3) is 3.75. The summed E-state index contributed by atoms with van der Waals surface area (Å²) in [6.45, 7) is 3.36. The van der Waals surface area contributed by atoms with Gasteiger partial charge in [0.2, 0.25) is 0 Å². The van der Waals surface area contributed by atoms with Crippen molar-refractivity contribution < 1.29 is 9.53 Å². The van der Waals surface area contributed by atoms with Crippen LogP contribution in [0, 0.1) is 0 Å². The number of ether oxygens (including phenoxy) is 1. The number of rotatable bonds is 4. The molecule has 3 rings (SSSR count). The molecule has 1 aliphatic heterocycles. The number of methoxy groups -OCH3 is 1. The van der Waals surface area contributed by atoms with Crippen LogP contribution in [0.3, 0.4) is 0 Å². The highest BCUT2D eigenvalue weighted by Crippen LogP contribution is 2.27. The number of aromatic nitrogens is 1. The van der Waals surface area contributed by atoms with E-state index in [0.29, 0.717) is 17.1 Å². The van der Waals surface area contributed by atoms with Gasteiger partial charge < -0.3 is 10.1 Å². The van der Waals surface area contributed by atoms with Crippen LogP contribution in [0.5, 0.6) is 0 Å². The standard InChI is InChI=1S/C18H20ClN3O2/c1-24-18(23)13-4-5-16(19)15(9-13)12-22-8-7-21-11-17(22)14-3-2-6-20-10-14/h2-6,9-10,17,21H,7-8,11-12H2,1H3. The Kier molecular flexibility index (Phi) is 5.45. The van der Waals surface area contributed by atoms with Crippen LogP contribution in [0.1, 0.15) is 27.5 Å². The molecule has 1 N–H and O–H groups in total. The Morgan fingerprint density at radius 1 is 1.46 bits per heavy atom. The number of nitrogens with zero attached hydrogens (tertiary/aromatic N) is 2. The summed E-state index contributed by atoms with van der Waals surface area (Å²) in [4.78, 5) is 18.3. The Labute approximate surface area is 146 Å². The number of hydrogen-bond acceptors (Lipinski definition) is 5. The largest absolute Gasteiger partial charge is 0.465 e. The fourth-order valence-electron chi connectivity index (χ4n) is 3.00. The second-order valence-electron chi connectivity index (χ2n) is 5.77. The van der Waals surface area contributed by atoms with Crippen molar-refractivity contribution in [3.05, 3.63) is 64.4 Å². The minimum atomic E-state index is -0.350. The molecule has 2 aromatic rings. The number of halogens is 1. The molecule has 0 spiro atoms. The first-order valence-corrected chi connectivity index (χ1v) is 8.28. The molecular weight excluding hydrogens is 326 g/mol. The first kappa shape index (κ1) is 16.9. The van der Waals surface area contributed by atoms with Crippen LogP contribution in [-0.4, -0.2) is 42.6 Å². The van der Waals surface area contributed by atoms with Crippen molar-refractivity contribution in [1.82, 2.24) is 15.2 Å². The van der Waals surface area contributed by atoms with Crippen LogP contribution in [0.15, 0.2) is 42.7 Å². The maximum Gasteiger partial charge on any atom is 0.337 e.